The predicted octanol–water partition coefficient (Wildman–Crippen LogP) is 2.05. The van der Waals surface area contributed by atoms with Gasteiger partial charge in [-0.05, 0) is 54.8 Å². The summed E-state index contributed by atoms with van der Waals surface area (Å²) in [6.07, 6.45) is 3.45. The van der Waals surface area contributed by atoms with Crippen LogP contribution in [0.3, 0.4) is 0 Å². The zero-order valence-corrected chi connectivity index (χ0v) is 16.1. The number of aliphatic hydroxyl groups excluding tert-OH is 1. The van der Waals surface area contributed by atoms with Gasteiger partial charge in [-0.15, -0.1) is 0 Å². The number of carbonyl (C=O) groups is 2. The average molecular weight is 378 g/mol. The number of aryl methyl sites for hydroxylation is 1. The van der Waals surface area contributed by atoms with E-state index >= 15 is 0 Å². The minimum absolute atomic E-state index is 0.0636. The highest BCUT2D eigenvalue weighted by atomic mass is 16.3. The van der Waals surface area contributed by atoms with Crippen LogP contribution in [0, 0.1) is 11.8 Å². The zero-order valence-electron chi connectivity index (χ0n) is 16.1. The first-order chi connectivity index (χ1) is 13.6. The molecule has 5 heteroatoms. The van der Waals surface area contributed by atoms with Crippen molar-refractivity contribution >= 4 is 11.7 Å². The number of amides is 1. The Kier molecular flexibility index (Phi) is 8.41. The van der Waals surface area contributed by atoms with Crippen molar-refractivity contribution in [3.63, 3.8) is 0 Å². The van der Waals surface area contributed by atoms with Gasteiger partial charge in [0.15, 0.2) is 5.78 Å². The number of nitrogens with one attached hydrogen (secondary N) is 1. The summed E-state index contributed by atoms with van der Waals surface area (Å²) in [4.78, 5) is 23.7. The first-order valence-electron chi connectivity index (χ1n) is 9.43. The van der Waals surface area contributed by atoms with E-state index in [1.165, 1.54) is 18.4 Å². The van der Waals surface area contributed by atoms with E-state index in [2.05, 4.69) is 36.2 Å². The molecule has 0 saturated heterocycles. The molecule has 2 aromatic rings. The van der Waals surface area contributed by atoms with Gasteiger partial charge in [0.05, 0.1) is 0 Å². The van der Waals surface area contributed by atoms with Crippen LogP contribution in [0.2, 0.25) is 0 Å². The number of Topliss-reactive ketones (excluding diaryl/α,β-unsaturated/α-hetero) is 1. The van der Waals surface area contributed by atoms with E-state index < -0.39 is 24.3 Å². The fourth-order valence-electron chi connectivity index (χ4n) is 2.61. The van der Waals surface area contributed by atoms with E-state index in [4.69, 9.17) is 10.8 Å². The Morgan fingerprint density at radius 3 is 2.11 bits per heavy atom. The molecule has 2 rings (SSSR count). The third kappa shape index (κ3) is 6.34. The van der Waals surface area contributed by atoms with E-state index in [0.717, 1.165) is 17.5 Å². The van der Waals surface area contributed by atoms with Crippen molar-refractivity contribution in [1.29, 1.82) is 0 Å². The fraction of sp³-hybridized carbons (Fsp3) is 0.304. The monoisotopic (exact) mass is 378 g/mol. The van der Waals surface area contributed by atoms with Crippen molar-refractivity contribution < 1.29 is 14.7 Å². The van der Waals surface area contributed by atoms with Gasteiger partial charge >= 0.3 is 0 Å². The SMILES string of the molecule is CCCCc1ccc(C#Cc2ccc(C(=O)N[C@@H](CN)C(=O)CO)cc2)cc1. The molecule has 0 saturated carbocycles. The van der Waals surface area contributed by atoms with Crippen molar-refractivity contribution in [2.75, 3.05) is 13.2 Å². The van der Waals surface area contributed by atoms with Gasteiger partial charge in [0.25, 0.3) is 5.91 Å². The maximum absolute atomic E-state index is 12.2. The number of ketones is 1. The van der Waals surface area contributed by atoms with Crippen LogP contribution in [0.15, 0.2) is 48.5 Å². The molecule has 0 radical (unpaired) electrons. The van der Waals surface area contributed by atoms with Gasteiger partial charge < -0.3 is 16.2 Å². The van der Waals surface area contributed by atoms with Gasteiger partial charge in [-0.1, -0.05) is 37.3 Å². The van der Waals surface area contributed by atoms with Gasteiger partial charge in [0.2, 0.25) is 0 Å². The third-order valence-corrected chi connectivity index (χ3v) is 4.36. The molecule has 0 unspecified atom stereocenters. The van der Waals surface area contributed by atoms with E-state index in [9.17, 15) is 9.59 Å². The molecule has 4 N–H and O–H groups in total. The van der Waals surface area contributed by atoms with Crippen LogP contribution in [-0.4, -0.2) is 36.0 Å². The number of unbranched alkanes of at least 4 members (excludes halogenated alkanes) is 1. The average Bonchev–Trinajstić information content (AvgIpc) is 2.74. The second-order valence-electron chi connectivity index (χ2n) is 6.51. The highest BCUT2D eigenvalue weighted by Gasteiger charge is 2.18. The lowest BCUT2D eigenvalue weighted by atomic mass is 10.1. The van der Waals surface area contributed by atoms with Crippen molar-refractivity contribution in [1.82, 2.24) is 5.32 Å². The van der Waals surface area contributed by atoms with Crippen molar-refractivity contribution in [2.45, 2.75) is 32.2 Å². The maximum atomic E-state index is 12.2. The molecule has 5 nitrogen and oxygen atoms in total. The van der Waals surface area contributed by atoms with Crippen molar-refractivity contribution in [2.24, 2.45) is 5.73 Å². The van der Waals surface area contributed by atoms with Gasteiger partial charge in [-0.25, -0.2) is 0 Å². The van der Waals surface area contributed by atoms with Crippen LogP contribution >= 0.6 is 0 Å². The Morgan fingerprint density at radius 1 is 1.04 bits per heavy atom. The molecule has 0 bridgehead atoms. The zero-order chi connectivity index (χ0) is 20.4. The van der Waals surface area contributed by atoms with Crippen molar-refractivity contribution in [3.05, 3.63) is 70.8 Å². The number of benzene rings is 2. The summed E-state index contributed by atoms with van der Waals surface area (Å²) >= 11 is 0. The standard InChI is InChI=1S/C23H26N2O3/c1-2-3-4-17-5-7-18(8-6-17)9-10-19-11-13-20(14-12-19)23(28)25-21(15-24)22(27)16-26/h5-8,11-14,21,26H,2-4,15-16,24H2,1H3,(H,25,28)/t21-/m0/s1. The molecule has 0 fully saturated rings. The van der Waals surface area contributed by atoms with E-state index in [-0.39, 0.29) is 6.54 Å². The number of hydrogen-bond acceptors (Lipinski definition) is 4. The molecule has 2 aromatic carbocycles. The number of rotatable bonds is 8. The summed E-state index contributed by atoms with van der Waals surface area (Å²) in [7, 11) is 0. The first kappa shape index (κ1) is 21.4. The quantitative estimate of drug-likeness (QED) is 0.613. The Bertz CT molecular complexity index is 846. The minimum atomic E-state index is -0.891. The molecule has 0 aliphatic rings. The Hall–Kier alpha value is -2.94. The van der Waals surface area contributed by atoms with E-state index in [0.29, 0.717) is 5.56 Å². The molecule has 146 valence electrons. The maximum Gasteiger partial charge on any atom is 0.251 e. The molecule has 1 amide bonds. The summed E-state index contributed by atoms with van der Waals surface area (Å²) in [5.41, 5.74) is 8.90. The largest absolute Gasteiger partial charge is 0.388 e. The first-order valence-corrected chi connectivity index (χ1v) is 9.43. The molecule has 0 aromatic heterocycles. The normalized spacial score (nSPS) is 11.2. The molecule has 0 aliphatic carbocycles. The van der Waals surface area contributed by atoms with Crippen molar-refractivity contribution in [3.8, 4) is 11.8 Å². The lowest BCUT2D eigenvalue weighted by Gasteiger charge is -2.14. The molecular weight excluding hydrogens is 352 g/mol. The summed E-state index contributed by atoms with van der Waals surface area (Å²) in [6, 6.07) is 14.1. The number of hydrogen-bond donors (Lipinski definition) is 3. The molecule has 1 atom stereocenters. The smallest absolute Gasteiger partial charge is 0.251 e. The molecule has 0 spiro atoms. The number of aliphatic hydroxyl groups is 1. The summed E-state index contributed by atoms with van der Waals surface area (Å²) in [6.45, 7) is 1.46. The summed E-state index contributed by atoms with van der Waals surface area (Å²) < 4.78 is 0. The molecule has 0 aliphatic heterocycles. The van der Waals surface area contributed by atoms with Crippen LogP contribution < -0.4 is 11.1 Å². The van der Waals surface area contributed by atoms with Gasteiger partial charge in [-0.3, -0.25) is 9.59 Å². The lowest BCUT2D eigenvalue weighted by Crippen LogP contribution is -2.46. The van der Waals surface area contributed by atoms with Gasteiger partial charge in [0.1, 0.15) is 12.6 Å². The Morgan fingerprint density at radius 2 is 1.61 bits per heavy atom. The molecule has 0 heterocycles. The highest BCUT2D eigenvalue weighted by molar-refractivity contribution is 5.98. The Labute approximate surface area is 166 Å². The molecular formula is C23H26N2O3. The third-order valence-electron chi connectivity index (χ3n) is 4.36. The Balaban J connectivity index is 2.00. The topological polar surface area (TPSA) is 92.4 Å². The van der Waals surface area contributed by atoms with E-state index in [1.54, 1.807) is 24.3 Å². The van der Waals surface area contributed by atoms with Crippen LogP contribution in [0.5, 0.6) is 0 Å². The fourth-order valence-corrected chi connectivity index (χ4v) is 2.61. The summed E-state index contributed by atoms with van der Waals surface area (Å²) in [5.74, 6) is 5.27. The molecule has 28 heavy (non-hydrogen) atoms. The van der Waals surface area contributed by atoms with Crippen LogP contribution in [-0.2, 0) is 11.2 Å². The minimum Gasteiger partial charge on any atom is -0.388 e. The second-order valence-corrected chi connectivity index (χ2v) is 6.51. The van der Waals surface area contributed by atoms with Gasteiger partial charge in [-0.2, -0.15) is 0 Å². The van der Waals surface area contributed by atoms with Crippen LogP contribution in [0.1, 0.15) is 46.8 Å². The number of carbonyl (C=O) groups excluding carboxylic acids is 2. The predicted molar refractivity (Wildman–Crippen MR) is 110 cm³/mol. The second kappa shape index (κ2) is 11.0. The summed E-state index contributed by atoms with van der Waals surface area (Å²) in [5, 5.41) is 11.4. The van der Waals surface area contributed by atoms with Crippen LogP contribution in [0.25, 0.3) is 0 Å². The van der Waals surface area contributed by atoms with E-state index in [1.807, 2.05) is 12.1 Å². The number of nitrogens with two attached hydrogens (primary N) is 1. The van der Waals surface area contributed by atoms with Crippen LogP contribution in [0.4, 0.5) is 0 Å². The lowest BCUT2D eigenvalue weighted by molar-refractivity contribution is -0.123. The van der Waals surface area contributed by atoms with Gasteiger partial charge in [0, 0.05) is 23.2 Å². The highest BCUT2D eigenvalue weighted by Crippen LogP contribution is 2.08.